The monoisotopic (exact) mass is 255 g/mol. The molecule has 7 heteroatoms. The van der Waals surface area contributed by atoms with Crippen molar-refractivity contribution >= 4 is 17.9 Å². The minimum absolute atomic E-state index is 0.0946. The second-order valence-corrected chi connectivity index (χ2v) is 4.74. The summed E-state index contributed by atoms with van der Waals surface area (Å²) in [5.41, 5.74) is 0. The molecule has 3 amide bonds. The third-order valence-corrected chi connectivity index (χ3v) is 3.49. The number of carbonyl (C=O) groups excluding carboxylic acids is 2. The van der Waals surface area contributed by atoms with Gasteiger partial charge in [0, 0.05) is 32.1 Å². The summed E-state index contributed by atoms with van der Waals surface area (Å²) >= 11 is 0. The van der Waals surface area contributed by atoms with E-state index in [4.69, 9.17) is 5.11 Å². The van der Waals surface area contributed by atoms with E-state index in [1.807, 2.05) is 4.90 Å². The van der Waals surface area contributed by atoms with Crippen molar-refractivity contribution in [2.75, 3.05) is 19.6 Å². The Bertz CT molecular complexity index is 384. The Morgan fingerprint density at radius 3 is 2.83 bits per heavy atom. The maximum Gasteiger partial charge on any atom is 0.325 e. The van der Waals surface area contributed by atoms with Gasteiger partial charge in [0.05, 0.1) is 0 Å². The standard InChI is InChI=1S/C11H17N3O4/c1-7(10(16)17)12-11(18)13-4-5-14-8(6-13)2-3-9(14)15/h7-8H,2-6H2,1H3,(H,12,18)(H,16,17)/t7-,8?/m1/s1. The predicted octanol–water partition coefficient (Wildman–Crippen LogP) is -0.524. The van der Waals surface area contributed by atoms with Crippen LogP contribution in [0, 0.1) is 0 Å². The van der Waals surface area contributed by atoms with E-state index in [0.717, 1.165) is 6.42 Å². The molecule has 0 aromatic heterocycles. The van der Waals surface area contributed by atoms with Crippen molar-refractivity contribution in [3.63, 3.8) is 0 Å². The van der Waals surface area contributed by atoms with Crippen molar-refractivity contribution in [2.24, 2.45) is 0 Å². The van der Waals surface area contributed by atoms with Gasteiger partial charge in [-0.1, -0.05) is 0 Å². The molecule has 1 unspecified atom stereocenters. The summed E-state index contributed by atoms with van der Waals surface area (Å²) < 4.78 is 0. The zero-order chi connectivity index (χ0) is 13.3. The molecule has 2 aliphatic heterocycles. The van der Waals surface area contributed by atoms with Crippen molar-refractivity contribution < 1.29 is 19.5 Å². The highest BCUT2D eigenvalue weighted by molar-refractivity contribution is 5.83. The second kappa shape index (κ2) is 4.83. The lowest BCUT2D eigenvalue weighted by molar-refractivity contribution is -0.138. The van der Waals surface area contributed by atoms with E-state index in [9.17, 15) is 14.4 Å². The summed E-state index contributed by atoms with van der Waals surface area (Å²) in [6, 6.07) is -1.18. The van der Waals surface area contributed by atoms with Crippen molar-refractivity contribution in [2.45, 2.75) is 31.8 Å². The van der Waals surface area contributed by atoms with Gasteiger partial charge in [-0.2, -0.15) is 0 Å². The Balaban J connectivity index is 1.90. The van der Waals surface area contributed by atoms with Crippen LogP contribution in [-0.2, 0) is 9.59 Å². The fourth-order valence-corrected chi connectivity index (χ4v) is 2.39. The molecule has 2 rings (SSSR count). The van der Waals surface area contributed by atoms with E-state index in [1.165, 1.54) is 6.92 Å². The number of rotatable bonds is 2. The van der Waals surface area contributed by atoms with Crippen LogP contribution < -0.4 is 5.32 Å². The van der Waals surface area contributed by atoms with Crippen molar-refractivity contribution in [3.05, 3.63) is 0 Å². The van der Waals surface area contributed by atoms with Crippen LogP contribution in [0.4, 0.5) is 4.79 Å². The van der Waals surface area contributed by atoms with Crippen LogP contribution in [0.5, 0.6) is 0 Å². The normalized spacial score (nSPS) is 24.7. The highest BCUT2D eigenvalue weighted by Crippen LogP contribution is 2.22. The highest BCUT2D eigenvalue weighted by atomic mass is 16.4. The zero-order valence-electron chi connectivity index (χ0n) is 10.3. The van der Waals surface area contributed by atoms with Crippen LogP contribution in [0.3, 0.4) is 0 Å². The second-order valence-electron chi connectivity index (χ2n) is 4.74. The number of piperazine rings is 1. The first-order chi connectivity index (χ1) is 8.49. The zero-order valence-corrected chi connectivity index (χ0v) is 10.3. The maximum atomic E-state index is 11.8. The van der Waals surface area contributed by atoms with Gasteiger partial charge in [0.25, 0.3) is 0 Å². The van der Waals surface area contributed by atoms with Crippen LogP contribution in [0.1, 0.15) is 19.8 Å². The lowest BCUT2D eigenvalue weighted by Crippen LogP contribution is -2.57. The molecule has 2 N–H and O–H groups in total. The first kappa shape index (κ1) is 12.7. The third kappa shape index (κ3) is 2.39. The number of nitrogens with zero attached hydrogens (tertiary/aromatic N) is 2. The Kier molecular flexibility index (Phi) is 3.40. The molecule has 2 heterocycles. The molecule has 0 aromatic carbocycles. The van der Waals surface area contributed by atoms with E-state index in [1.54, 1.807) is 4.90 Å². The minimum Gasteiger partial charge on any atom is -0.480 e. The molecule has 18 heavy (non-hydrogen) atoms. The quantitative estimate of drug-likeness (QED) is 0.694. The van der Waals surface area contributed by atoms with Crippen LogP contribution in [-0.4, -0.2) is 64.5 Å². The minimum atomic E-state index is -1.06. The molecule has 0 saturated carbocycles. The first-order valence-electron chi connectivity index (χ1n) is 6.06. The molecule has 0 spiro atoms. The van der Waals surface area contributed by atoms with Crippen LogP contribution in [0.25, 0.3) is 0 Å². The van der Waals surface area contributed by atoms with E-state index in [-0.39, 0.29) is 18.0 Å². The summed E-state index contributed by atoms with van der Waals surface area (Å²) in [5, 5.41) is 11.2. The average Bonchev–Trinajstić information content (AvgIpc) is 2.70. The van der Waals surface area contributed by atoms with E-state index >= 15 is 0 Å². The molecular weight excluding hydrogens is 238 g/mol. The molecule has 0 bridgehead atoms. The van der Waals surface area contributed by atoms with E-state index in [0.29, 0.717) is 26.1 Å². The predicted molar refractivity (Wildman–Crippen MR) is 61.9 cm³/mol. The molecule has 2 aliphatic rings. The number of aliphatic carboxylic acids is 1. The molecule has 0 radical (unpaired) electrons. The first-order valence-corrected chi connectivity index (χ1v) is 6.06. The molecule has 2 fully saturated rings. The van der Waals surface area contributed by atoms with Gasteiger partial charge in [-0.15, -0.1) is 0 Å². The molecular formula is C11H17N3O4. The Morgan fingerprint density at radius 2 is 2.17 bits per heavy atom. The lowest BCUT2D eigenvalue weighted by atomic mass is 10.1. The topological polar surface area (TPSA) is 90.0 Å². The number of carboxylic acid groups (broad SMARTS) is 1. The number of carbonyl (C=O) groups is 3. The smallest absolute Gasteiger partial charge is 0.325 e. The summed E-state index contributed by atoms with van der Waals surface area (Å²) in [6.07, 6.45) is 1.32. The summed E-state index contributed by atoms with van der Waals surface area (Å²) in [6.45, 7) is 2.91. The van der Waals surface area contributed by atoms with E-state index in [2.05, 4.69) is 5.32 Å². The van der Waals surface area contributed by atoms with Gasteiger partial charge in [0.1, 0.15) is 6.04 Å². The lowest BCUT2D eigenvalue weighted by Gasteiger charge is -2.37. The summed E-state index contributed by atoms with van der Waals surface area (Å²) in [4.78, 5) is 37.4. The molecule has 2 saturated heterocycles. The Labute approximate surface area is 105 Å². The molecule has 100 valence electrons. The third-order valence-electron chi connectivity index (χ3n) is 3.49. The van der Waals surface area contributed by atoms with Gasteiger partial charge in [0.2, 0.25) is 5.91 Å². The molecule has 7 nitrogen and oxygen atoms in total. The fraction of sp³-hybridized carbons (Fsp3) is 0.727. The SMILES string of the molecule is C[C@@H](NC(=O)N1CCN2C(=O)CCC2C1)C(=O)O. The largest absolute Gasteiger partial charge is 0.480 e. The number of hydrogen-bond donors (Lipinski definition) is 2. The van der Waals surface area contributed by atoms with Crippen molar-refractivity contribution in [1.82, 2.24) is 15.1 Å². The van der Waals surface area contributed by atoms with Gasteiger partial charge < -0.3 is 20.2 Å². The summed E-state index contributed by atoms with van der Waals surface area (Å²) in [5.74, 6) is -0.906. The number of nitrogens with one attached hydrogen (secondary N) is 1. The highest BCUT2D eigenvalue weighted by Gasteiger charge is 2.37. The number of hydrogen-bond acceptors (Lipinski definition) is 3. The molecule has 0 aromatic rings. The van der Waals surface area contributed by atoms with Crippen molar-refractivity contribution in [1.29, 1.82) is 0 Å². The number of amides is 3. The summed E-state index contributed by atoms with van der Waals surface area (Å²) in [7, 11) is 0. The number of urea groups is 1. The number of fused-ring (bicyclic) bond motifs is 1. The van der Waals surface area contributed by atoms with E-state index < -0.39 is 12.0 Å². The van der Waals surface area contributed by atoms with Crippen molar-refractivity contribution in [3.8, 4) is 0 Å². The average molecular weight is 255 g/mol. The molecule has 0 aliphatic carbocycles. The molecule has 2 atom stereocenters. The number of carboxylic acids is 1. The fourth-order valence-electron chi connectivity index (χ4n) is 2.39. The maximum absolute atomic E-state index is 11.8. The van der Waals surface area contributed by atoms with Gasteiger partial charge in [-0.05, 0) is 13.3 Å². The van der Waals surface area contributed by atoms with Crippen LogP contribution in [0.15, 0.2) is 0 Å². The Morgan fingerprint density at radius 1 is 1.44 bits per heavy atom. The van der Waals surface area contributed by atoms with Gasteiger partial charge in [-0.25, -0.2) is 4.79 Å². The van der Waals surface area contributed by atoms with Crippen LogP contribution in [0.2, 0.25) is 0 Å². The van der Waals surface area contributed by atoms with Crippen LogP contribution >= 0.6 is 0 Å². The van der Waals surface area contributed by atoms with Gasteiger partial charge in [0.15, 0.2) is 0 Å². The van der Waals surface area contributed by atoms with Gasteiger partial charge in [-0.3, -0.25) is 9.59 Å². The Hall–Kier alpha value is -1.79. The van der Waals surface area contributed by atoms with Gasteiger partial charge >= 0.3 is 12.0 Å².